The molecular weight excluding hydrogens is 442 g/mol. The minimum absolute atomic E-state index is 0.0213. The molecule has 4 aliphatic rings. The molecule has 2 aromatic carbocycles. The van der Waals surface area contributed by atoms with Crippen molar-refractivity contribution in [2.75, 3.05) is 13.2 Å². The van der Waals surface area contributed by atoms with Crippen LogP contribution in [0.2, 0.25) is 10.0 Å². The Morgan fingerprint density at radius 3 is 2.68 bits per heavy atom. The normalized spacial score (nSPS) is 29.9. The molecule has 6 rings (SSSR count). The highest BCUT2D eigenvalue weighted by atomic mass is 35.5. The number of hydrogen-bond donors (Lipinski definition) is 2. The topological polar surface area (TPSA) is 59.6 Å². The molecule has 1 aliphatic heterocycles. The van der Waals surface area contributed by atoms with Gasteiger partial charge in [0.25, 0.3) is 5.91 Å². The van der Waals surface area contributed by atoms with Gasteiger partial charge in [0, 0.05) is 35.1 Å². The van der Waals surface area contributed by atoms with Crippen molar-refractivity contribution in [3.8, 4) is 11.5 Å². The van der Waals surface area contributed by atoms with Crippen LogP contribution in [0.1, 0.15) is 31.7 Å². The first-order valence-electron chi connectivity index (χ1n) is 10.3. The van der Waals surface area contributed by atoms with E-state index in [-0.39, 0.29) is 40.0 Å². The SMILES string of the molecule is C[C@@]1(CNC23CC(NC(=O)COc4ccc(Cl)c(F)c4)(C2)C3)Cc2cc(Cl)ccc2O1. The molecule has 8 heteroatoms. The molecule has 31 heavy (non-hydrogen) atoms. The molecule has 2 aromatic rings. The smallest absolute Gasteiger partial charge is 0.258 e. The van der Waals surface area contributed by atoms with Crippen LogP contribution < -0.4 is 20.1 Å². The predicted molar refractivity (Wildman–Crippen MR) is 117 cm³/mol. The molecular formula is C23H23Cl2FN2O3. The summed E-state index contributed by atoms with van der Waals surface area (Å²) in [6, 6.07) is 9.86. The molecule has 3 fully saturated rings. The molecule has 3 saturated carbocycles. The molecule has 0 saturated heterocycles. The van der Waals surface area contributed by atoms with E-state index in [0.29, 0.717) is 0 Å². The van der Waals surface area contributed by atoms with Gasteiger partial charge in [0.15, 0.2) is 6.61 Å². The second kappa shape index (κ2) is 7.26. The minimum Gasteiger partial charge on any atom is -0.486 e. The molecule has 2 bridgehead atoms. The molecule has 0 radical (unpaired) electrons. The quantitative estimate of drug-likeness (QED) is 0.641. The first-order valence-corrected chi connectivity index (χ1v) is 11.0. The van der Waals surface area contributed by atoms with E-state index in [4.69, 9.17) is 32.7 Å². The Bertz CT molecular complexity index is 1040. The maximum Gasteiger partial charge on any atom is 0.258 e. The maximum atomic E-state index is 13.5. The third-order valence-corrected chi connectivity index (χ3v) is 7.02. The lowest BCUT2D eigenvalue weighted by Gasteiger charge is -2.71. The van der Waals surface area contributed by atoms with Crippen LogP contribution in [0.3, 0.4) is 0 Å². The fourth-order valence-corrected chi connectivity index (χ4v) is 5.43. The van der Waals surface area contributed by atoms with Gasteiger partial charge >= 0.3 is 0 Å². The van der Waals surface area contributed by atoms with Gasteiger partial charge in [0.1, 0.15) is 22.9 Å². The summed E-state index contributed by atoms with van der Waals surface area (Å²) in [6.07, 6.45) is 3.47. The van der Waals surface area contributed by atoms with Crippen molar-refractivity contribution < 1.29 is 18.7 Å². The summed E-state index contributed by atoms with van der Waals surface area (Å²) in [6.45, 7) is 2.68. The van der Waals surface area contributed by atoms with E-state index in [1.807, 2.05) is 18.2 Å². The fraction of sp³-hybridized carbons (Fsp3) is 0.435. The zero-order valence-electron chi connectivity index (χ0n) is 17.1. The van der Waals surface area contributed by atoms with Crippen LogP contribution in [-0.4, -0.2) is 35.7 Å². The number of amides is 1. The Morgan fingerprint density at radius 1 is 1.16 bits per heavy atom. The number of rotatable bonds is 7. The highest BCUT2D eigenvalue weighted by Crippen LogP contribution is 2.60. The molecule has 0 unspecified atom stereocenters. The zero-order valence-corrected chi connectivity index (χ0v) is 18.6. The molecule has 3 aliphatic carbocycles. The molecule has 5 nitrogen and oxygen atoms in total. The van der Waals surface area contributed by atoms with Crippen LogP contribution in [0, 0.1) is 5.82 Å². The third-order valence-electron chi connectivity index (χ3n) is 6.48. The van der Waals surface area contributed by atoms with Gasteiger partial charge in [-0.2, -0.15) is 0 Å². The highest BCUT2D eigenvalue weighted by molar-refractivity contribution is 6.31. The minimum atomic E-state index is -0.571. The molecule has 1 atom stereocenters. The van der Waals surface area contributed by atoms with Crippen molar-refractivity contribution in [2.24, 2.45) is 0 Å². The van der Waals surface area contributed by atoms with Crippen LogP contribution in [0.5, 0.6) is 11.5 Å². The fourth-order valence-electron chi connectivity index (χ4n) is 5.12. The number of benzene rings is 2. The van der Waals surface area contributed by atoms with Gasteiger partial charge in [-0.05, 0) is 62.1 Å². The Hall–Kier alpha value is -2.02. The maximum absolute atomic E-state index is 13.5. The predicted octanol–water partition coefficient (Wildman–Crippen LogP) is 4.29. The summed E-state index contributed by atoms with van der Waals surface area (Å²) in [7, 11) is 0. The molecule has 0 spiro atoms. The molecule has 1 heterocycles. The lowest BCUT2D eigenvalue weighted by atomic mass is 9.44. The number of hydrogen-bond acceptors (Lipinski definition) is 4. The second-order valence-corrected chi connectivity index (χ2v) is 10.2. The second-order valence-electron chi connectivity index (χ2n) is 9.34. The average molecular weight is 465 g/mol. The van der Waals surface area contributed by atoms with E-state index in [2.05, 4.69) is 17.6 Å². The van der Waals surface area contributed by atoms with Crippen molar-refractivity contribution in [3.63, 3.8) is 0 Å². The van der Waals surface area contributed by atoms with Gasteiger partial charge in [-0.1, -0.05) is 23.2 Å². The van der Waals surface area contributed by atoms with Gasteiger partial charge in [-0.3, -0.25) is 4.79 Å². The van der Waals surface area contributed by atoms with Crippen LogP contribution in [0.4, 0.5) is 4.39 Å². The van der Waals surface area contributed by atoms with E-state index in [1.54, 1.807) is 0 Å². The lowest BCUT2D eigenvalue weighted by Crippen LogP contribution is -2.84. The number of carbonyl (C=O) groups is 1. The Balaban J connectivity index is 1.07. The summed E-state index contributed by atoms with van der Waals surface area (Å²) in [5.41, 5.74) is 0.734. The largest absolute Gasteiger partial charge is 0.486 e. The van der Waals surface area contributed by atoms with Crippen molar-refractivity contribution in [3.05, 3.63) is 57.8 Å². The van der Waals surface area contributed by atoms with Crippen molar-refractivity contribution in [2.45, 2.75) is 49.3 Å². The van der Waals surface area contributed by atoms with Crippen molar-refractivity contribution in [1.82, 2.24) is 10.6 Å². The number of fused-ring (bicyclic) bond motifs is 1. The van der Waals surface area contributed by atoms with Gasteiger partial charge in [-0.25, -0.2) is 4.39 Å². The van der Waals surface area contributed by atoms with Crippen LogP contribution in [0.25, 0.3) is 0 Å². The van der Waals surface area contributed by atoms with E-state index < -0.39 is 5.82 Å². The van der Waals surface area contributed by atoms with Crippen LogP contribution >= 0.6 is 23.2 Å². The standard InChI is InChI=1S/C23H23Cl2FN2O3/c1-21(8-14-6-15(24)2-5-19(14)31-21)13-27-22-10-23(11-22,12-22)28-20(29)9-30-16-3-4-17(25)18(26)7-16/h2-7,27H,8-13H2,1H3,(H,28,29)/t21-,22?,23?/m0/s1. The first-order chi connectivity index (χ1) is 14.7. The van der Waals surface area contributed by atoms with Gasteiger partial charge < -0.3 is 20.1 Å². The summed E-state index contributed by atoms with van der Waals surface area (Å²) in [5, 5.41) is 7.48. The Morgan fingerprint density at radius 2 is 1.94 bits per heavy atom. The zero-order chi connectivity index (χ0) is 21.9. The Labute approximate surface area is 190 Å². The van der Waals surface area contributed by atoms with Crippen LogP contribution in [0.15, 0.2) is 36.4 Å². The monoisotopic (exact) mass is 464 g/mol. The lowest BCUT2D eigenvalue weighted by molar-refractivity contribution is -0.144. The number of carbonyl (C=O) groups excluding carboxylic acids is 1. The highest BCUT2D eigenvalue weighted by Gasteiger charge is 2.68. The van der Waals surface area contributed by atoms with E-state index >= 15 is 0 Å². The molecule has 2 N–H and O–H groups in total. The van der Waals surface area contributed by atoms with Gasteiger partial charge in [0.2, 0.25) is 0 Å². The summed E-state index contributed by atoms with van der Waals surface area (Å²) in [5.74, 6) is 0.399. The van der Waals surface area contributed by atoms with E-state index in [0.717, 1.165) is 48.6 Å². The number of halogens is 3. The third kappa shape index (κ3) is 3.97. The number of ether oxygens (including phenoxy) is 2. The first kappa shape index (κ1) is 20.9. The Kier molecular flexibility index (Phi) is 4.88. The molecule has 0 aromatic heterocycles. The summed E-state index contributed by atoms with van der Waals surface area (Å²) < 4.78 is 25.0. The van der Waals surface area contributed by atoms with Crippen molar-refractivity contribution >= 4 is 29.1 Å². The summed E-state index contributed by atoms with van der Waals surface area (Å²) >= 11 is 11.7. The summed E-state index contributed by atoms with van der Waals surface area (Å²) in [4.78, 5) is 12.3. The number of nitrogens with one attached hydrogen (secondary N) is 2. The van der Waals surface area contributed by atoms with Gasteiger partial charge in [0.05, 0.1) is 5.02 Å². The molecule has 1 amide bonds. The van der Waals surface area contributed by atoms with Crippen LogP contribution in [-0.2, 0) is 11.2 Å². The van der Waals surface area contributed by atoms with E-state index in [1.165, 1.54) is 18.2 Å². The molecule has 164 valence electrons. The van der Waals surface area contributed by atoms with E-state index in [9.17, 15) is 9.18 Å². The van der Waals surface area contributed by atoms with Crippen molar-refractivity contribution in [1.29, 1.82) is 0 Å². The van der Waals surface area contributed by atoms with Gasteiger partial charge in [-0.15, -0.1) is 0 Å². The average Bonchev–Trinajstić information content (AvgIpc) is 2.99.